The highest BCUT2D eigenvalue weighted by atomic mass is 32.2. The molecule has 160 valence electrons. The normalized spacial score (nSPS) is 20.9. The first-order chi connectivity index (χ1) is 13.9. The Balaban J connectivity index is 1.45. The van der Waals surface area contributed by atoms with Gasteiger partial charge in [-0.2, -0.15) is 4.31 Å². The molecule has 1 saturated heterocycles. The Kier molecular flexibility index (Phi) is 7.25. The molecule has 1 aromatic rings. The Morgan fingerprint density at radius 3 is 2.62 bits per heavy atom. The van der Waals surface area contributed by atoms with E-state index in [4.69, 9.17) is 4.74 Å². The van der Waals surface area contributed by atoms with Crippen LogP contribution in [-0.2, 0) is 24.3 Å². The summed E-state index contributed by atoms with van der Waals surface area (Å²) in [4.78, 5) is 35.9. The maximum absolute atomic E-state index is 12.6. The number of imide groups is 1. The van der Waals surface area contributed by atoms with Crippen LogP contribution < -0.4 is 10.6 Å². The maximum Gasteiger partial charge on any atom is 0.321 e. The summed E-state index contributed by atoms with van der Waals surface area (Å²) >= 11 is 1.13. The number of urea groups is 1. The number of thiophene rings is 1. The van der Waals surface area contributed by atoms with Crippen molar-refractivity contribution in [1.82, 2.24) is 14.9 Å². The van der Waals surface area contributed by atoms with Gasteiger partial charge in [0.1, 0.15) is 4.21 Å². The van der Waals surface area contributed by atoms with Crippen molar-refractivity contribution in [2.24, 2.45) is 5.92 Å². The van der Waals surface area contributed by atoms with Gasteiger partial charge in [0.2, 0.25) is 0 Å². The van der Waals surface area contributed by atoms with Crippen LogP contribution >= 0.6 is 11.3 Å². The van der Waals surface area contributed by atoms with Crippen LogP contribution in [-0.4, -0.2) is 56.4 Å². The smallest absolute Gasteiger partial charge is 0.321 e. The van der Waals surface area contributed by atoms with Gasteiger partial charge in [0.15, 0.2) is 6.61 Å². The van der Waals surface area contributed by atoms with E-state index < -0.39 is 40.5 Å². The SMILES string of the molecule is O=C(COC(=O)C1CCCN(S(=O)(=O)c2cccs2)C1)NC(=O)NC1CCCC1. The molecule has 3 rings (SSSR count). The highest BCUT2D eigenvalue weighted by Gasteiger charge is 2.34. The van der Waals surface area contributed by atoms with Gasteiger partial charge < -0.3 is 10.1 Å². The van der Waals surface area contributed by atoms with Gasteiger partial charge in [0.25, 0.3) is 15.9 Å². The van der Waals surface area contributed by atoms with E-state index in [1.54, 1.807) is 11.4 Å². The molecule has 1 aliphatic carbocycles. The van der Waals surface area contributed by atoms with E-state index in [0.717, 1.165) is 37.0 Å². The summed E-state index contributed by atoms with van der Waals surface area (Å²) < 4.78 is 31.8. The summed E-state index contributed by atoms with van der Waals surface area (Å²) in [7, 11) is -3.63. The molecule has 3 amide bonds. The fourth-order valence-electron chi connectivity index (χ4n) is 3.60. The molecule has 2 fully saturated rings. The number of nitrogens with one attached hydrogen (secondary N) is 2. The summed E-state index contributed by atoms with van der Waals surface area (Å²) in [6.45, 7) is -0.222. The van der Waals surface area contributed by atoms with E-state index in [-0.39, 0.29) is 16.8 Å². The van der Waals surface area contributed by atoms with Gasteiger partial charge in [0, 0.05) is 19.1 Å². The van der Waals surface area contributed by atoms with Crippen LogP contribution in [0.25, 0.3) is 0 Å². The molecule has 0 spiro atoms. The number of ether oxygens (including phenoxy) is 1. The van der Waals surface area contributed by atoms with Crippen LogP contribution in [0.15, 0.2) is 21.7 Å². The number of carbonyl (C=O) groups is 3. The van der Waals surface area contributed by atoms with Gasteiger partial charge in [-0.1, -0.05) is 18.9 Å². The van der Waals surface area contributed by atoms with Crippen LogP contribution in [0.1, 0.15) is 38.5 Å². The number of hydrogen-bond donors (Lipinski definition) is 2. The lowest BCUT2D eigenvalue weighted by Gasteiger charge is -2.30. The van der Waals surface area contributed by atoms with E-state index in [9.17, 15) is 22.8 Å². The van der Waals surface area contributed by atoms with Crippen LogP contribution in [0.2, 0.25) is 0 Å². The van der Waals surface area contributed by atoms with Crippen LogP contribution in [0.4, 0.5) is 4.79 Å². The second-order valence-corrected chi connectivity index (χ2v) is 10.4. The number of rotatable bonds is 6. The molecule has 1 unspecified atom stereocenters. The number of esters is 1. The molecule has 2 N–H and O–H groups in total. The third-order valence-corrected chi connectivity index (χ3v) is 8.33. The average molecular weight is 444 g/mol. The van der Waals surface area contributed by atoms with Crippen molar-refractivity contribution in [1.29, 1.82) is 0 Å². The molecular formula is C18H25N3O6S2. The van der Waals surface area contributed by atoms with Gasteiger partial charge in [-0.15, -0.1) is 11.3 Å². The van der Waals surface area contributed by atoms with Crippen molar-refractivity contribution >= 4 is 39.3 Å². The van der Waals surface area contributed by atoms with Crippen molar-refractivity contribution in [2.75, 3.05) is 19.7 Å². The van der Waals surface area contributed by atoms with Gasteiger partial charge in [0.05, 0.1) is 5.92 Å². The molecular weight excluding hydrogens is 418 g/mol. The van der Waals surface area contributed by atoms with E-state index in [1.807, 2.05) is 0 Å². The Morgan fingerprint density at radius 1 is 1.17 bits per heavy atom. The van der Waals surface area contributed by atoms with Gasteiger partial charge >= 0.3 is 12.0 Å². The lowest BCUT2D eigenvalue weighted by atomic mass is 10.0. The minimum absolute atomic E-state index is 0.0167. The minimum Gasteiger partial charge on any atom is -0.455 e. The standard InChI is InChI=1S/C18H25N3O6S2/c22-15(20-18(24)19-14-6-1-2-7-14)12-27-17(23)13-5-3-9-21(11-13)29(25,26)16-8-4-10-28-16/h4,8,10,13-14H,1-3,5-7,9,11-12H2,(H2,19,20,22,24). The second-order valence-electron chi connectivity index (χ2n) is 7.25. The highest BCUT2D eigenvalue weighted by molar-refractivity contribution is 7.91. The molecule has 0 radical (unpaired) electrons. The van der Waals surface area contributed by atoms with Crippen LogP contribution in [0.3, 0.4) is 0 Å². The first kappa shape index (κ1) is 21.7. The van der Waals surface area contributed by atoms with Crippen molar-refractivity contribution in [2.45, 2.75) is 48.8 Å². The molecule has 1 aliphatic heterocycles. The maximum atomic E-state index is 12.6. The second kappa shape index (κ2) is 9.68. The number of sulfonamides is 1. The lowest BCUT2D eigenvalue weighted by Crippen LogP contribution is -2.46. The average Bonchev–Trinajstić information content (AvgIpc) is 3.40. The predicted octanol–water partition coefficient (Wildman–Crippen LogP) is 1.46. The number of piperidine rings is 1. The fraction of sp³-hybridized carbons (Fsp3) is 0.611. The minimum atomic E-state index is -3.63. The van der Waals surface area contributed by atoms with E-state index >= 15 is 0 Å². The van der Waals surface area contributed by atoms with E-state index in [2.05, 4.69) is 10.6 Å². The number of carbonyl (C=O) groups excluding carboxylic acids is 3. The Hall–Kier alpha value is -1.98. The zero-order valence-corrected chi connectivity index (χ0v) is 17.6. The summed E-state index contributed by atoms with van der Waals surface area (Å²) in [5, 5.41) is 6.54. The summed E-state index contributed by atoms with van der Waals surface area (Å²) in [6.07, 6.45) is 4.90. The highest BCUT2D eigenvalue weighted by Crippen LogP contribution is 2.26. The molecule has 9 nitrogen and oxygen atoms in total. The Labute approximate surface area is 173 Å². The zero-order chi connectivity index (χ0) is 20.9. The van der Waals surface area contributed by atoms with Crippen molar-refractivity contribution < 1.29 is 27.5 Å². The predicted molar refractivity (Wildman–Crippen MR) is 106 cm³/mol. The van der Waals surface area contributed by atoms with Crippen LogP contribution in [0.5, 0.6) is 0 Å². The summed E-state index contributed by atoms with van der Waals surface area (Å²) in [5.74, 6) is -1.99. The molecule has 29 heavy (non-hydrogen) atoms. The fourth-order valence-corrected chi connectivity index (χ4v) is 6.27. The number of amides is 3. The lowest BCUT2D eigenvalue weighted by molar-refractivity contribution is -0.153. The monoisotopic (exact) mass is 443 g/mol. The third kappa shape index (κ3) is 5.77. The van der Waals surface area contributed by atoms with Gasteiger partial charge in [-0.05, 0) is 37.1 Å². The van der Waals surface area contributed by atoms with Gasteiger partial charge in [-0.3, -0.25) is 14.9 Å². The number of nitrogens with zero attached hydrogens (tertiary/aromatic N) is 1. The molecule has 0 aromatic carbocycles. The molecule has 1 saturated carbocycles. The largest absolute Gasteiger partial charge is 0.455 e. The molecule has 1 aromatic heterocycles. The number of hydrogen-bond acceptors (Lipinski definition) is 7. The molecule has 2 heterocycles. The quantitative estimate of drug-likeness (QED) is 0.642. The molecule has 2 aliphatic rings. The van der Waals surface area contributed by atoms with Crippen molar-refractivity contribution in [3.05, 3.63) is 17.5 Å². The molecule has 11 heteroatoms. The Morgan fingerprint density at radius 2 is 1.93 bits per heavy atom. The van der Waals surface area contributed by atoms with Crippen LogP contribution in [0, 0.1) is 5.92 Å². The van der Waals surface area contributed by atoms with E-state index in [1.165, 1.54) is 10.4 Å². The zero-order valence-electron chi connectivity index (χ0n) is 16.0. The summed E-state index contributed by atoms with van der Waals surface area (Å²) in [6, 6.07) is 2.67. The first-order valence-electron chi connectivity index (χ1n) is 9.67. The van der Waals surface area contributed by atoms with Gasteiger partial charge in [-0.25, -0.2) is 13.2 Å². The topological polar surface area (TPSA) is 122 Å². The first-order valence-corrected chi connectivity index (χ1v) is 12.0. The third-order valence-electron chi connectivity index (χ3n) is 5.10. The summed E-state index contributed by atoms with van der Waals surface area (Å²) in [5.41, 5.74) is 0. The Bertz CT molecular complexity index is 834. The molecule has 0 bridgehead atoms. The van der Waals surface area contributed by atoms with Crippen molar-refractivity contribution in [3.63, 3.8) is 0 Å². The van der Waals surface area contributed by atoms with Crippen molar-refractivity contribution in [3.8, 4) is 0 Å². The van der Waals surface area contributed by atoms with E-state index in [0.29, 0.717) is 19.4 Å². The molecule has 1 atom stereocenters.